The topological polar surface area (TPSA) is 21.3 Å². The first-order chi connectivity index (χ1) is 8.33. The van der Waals surface area contributed by atoms with E-state index in [4.69, 9.17) is 4.74 Å². The van der Waals surface area contributed by atoms with Crippen molar-refractivity contribution in [2.75, 3.05) is 19.0 Å². The van der Waals surface area contributed by atoms with Gasteiger partial charge in [-0.2, -0.15) is 0 Å². The van der Waals surface area contributed by atoms with E-state index in [2.05, 4.69) is 41.7 Å². The molecule has 0 amide bonds. The highest BCUT2D eigenvalue weighted by atomic mass is 16.5. The first-order valence-electron chi connectivity index (χ1n) is 5.84. The number of rotatable bonds is 4. The Bertz CT molecular complexity index is 477. The Hall–Kier alpha value is -1.96. The van der Waals surface area contributed by atoms with Gasteiger partial charge in [-0.3, -0.25) is 0 Å². The Balaban J connectivity index is 2.28. The molecule has 2 aromatic rings. The smallest absolute Gasteiger partial charge is 0.119 e. The summed E-state index contributed by atoms with van der Waals surface area (Å²) in [6, 6.07) is 16.5. The average Bonchev–Trinajstić information content (AvgIpc) is 2.40. The zero-order chi connectivity index (χ0) is 12.1. The van der Waals surface area contributed by atoms with Crippen LogP contribution in [-0.4, -0.2) is 13.7 Å². The molecule has 2 heteroatoms. The van der Waals surface area contributed by atoms with Gasteiger partial charge in [-0.15, -0.1) is 0 Å². The number of benzene rings is 2. The summed E-state index contributed by atoms with van der Waals surface area (Å²) in [5, 5.41) is 3.11. The van der Waals surface area contributed by atoms with Crippen LogP contribution in [-0.2, 0) is 0 Å². The van der Waals surface area contributed by atoms with Crippen molar-refractivity contribution in [3.63, 3.8) is 0 Å². The minimum Gasteiger partial charge on any atom is -0.494 e. The number of hydrogen-bond acceptors (Lipinski definition) is 2. The second-order valence-corrected chi connectivity index (χ2v) is 3.79. The monoisotopic (exact) mass is 227 g/mol. The largest absolute Gasteiger partial charge is 0.494 e. The molecule has 0 bridgehead atoms. The molecule has 2 rings (SSSR count). The SMILES string of the molecule is CCOc1cccc(-c2ccc(NC)cc2)c1. The minimum absolute atomic E-state index is 0.697. The van der Waals surface area contributed by atoms with Gasteiger partial charge in [0.25, 0.3) is 0 Å². The van der Waals surface area contributed by atoms with Crippen LogP contribution < -0.4 is 10.1 Å². The molecular formula is C15H17NO. The van der Waals surface area contributed by atoms with Gasteiger partial charge in [-0.1, -0.05) is 24.3 Å². The molecule has 1 N–H and O–H groups in total. The first kappa shape index (κ1) is 11.5. The van der Waals surface area contributed by atoms with Crippen LogP contribution in [0.2, 0.25) is 0 Å². The lowest BCUT2D eigenvalue weighted by atomic mass is 10.1. The third-order valence-electron chi connectivity index (χ3n) is 2.65. The maximum Gasteiger partial charge on any atom is 0.119 e. The lowest BCUT2D eigenvalue weighted by Gasteiger charge is -2.07. The molecule has 0 atom stereocenters. The molecule has 88 valence electrons. The Morgan fingerprint density at radius 2 is 1.76 bits per heavy atom. The second-order valence-electron chi connectivity index (χ2n) is 3.79. The summed E-state index contributed by atoms with van der Waals surface area (Å²) in [4.78, 5) is 0. The summed E-state index contributed by atoms with van der Waals surface area (Å²) in [6.07, 6.45) is 0. The van der Waals surface area contributed by atoms with E-state index < -0.39 is 0 Å². The third-order valence-corrected chi connectivity index (χ3v) is 2.65. The van der Waals surface area contributed by atoms with Gasteiger partial charge in [0.1, 0.15) is 5.75 Å². The second kappa shape index (κ2) is 5.39. The van der Waals surface area contributed by atoms with Gasteiger partial charge in [0.15, 0.2) is 0 Å². The Morgan fingerprint density at radius 1 is 1.00 bits per heavy atom. The molecule has 17 heavy (non-hydrogen) atoms. The van der Waals surface area contributed by atoms with Crippen molar-refractivity contribution in [1.82, 2.24) is 0 Å². The molecule has 2 nitrogen and oxygen atoms in total. The molecule has 0 saturated heterocycles. The normalized spacial score (nSPS) is 10.0. The van der Waals surface area contributed by atoms with Crippen LogP contribution in [0.25, 0.3) is 11.1 Å². The fourth-order valence-electron chi connectivity index (χ4n) is 1.76. The van der Waals surface area contributed by atoms with Gasteiger partial charge in [-0.25, -0.2) is 0 Å². The quantitative estimate of drug-likeness (QED) is 0.858. The number of hydrogen-bond donors (Lipinski definition) is 1. The summed E-state index contributed by atoms with van der Waals surface area (Å²) >= 11 is 0. The van der Waals surface area contributed by atoms with Crippen LogP contribution >= 0.6 is 0 Å². The molecule has 0 saturated carbocycles. The lowest BCUT2D eigenvalue weighted by Crippen LogP contribution is -1.91. The van der Waals surface area contributed by atoms with E-state index in [-0.39, 0.29) is 0 Å². The summed E-state index contributed by atoms with van der Waals surface area (Å²) in [5.74, 6) is 0.919. The molecule has 0 unspecified atom stereocenters. The van der Waals surface area contributed by atoms with Gasteiger partial charge in [0.2, 0.25) is 0 Å². The summed E-state index contributed by atoms with van der Waals surface area (Å²) in [6.45, 7) is 2.69. The molecule has 0 aromatic heterocycles. The van der Waals surface area contributed by atoms with Crippen LogP contribution in [0.1, 0.15) is 6.92 Å². The fourth-order valence-corrected chi connectivity index (χ4v) is 1.76. The van der Waals surface area contributed by atoms with Crippen LogP contribution in [0.15, 0.2) is 48.5 Å². The van der Waals surface area contributed by atoms with Crippen LogP contribution in [0.3, 0.4) is 0 Å². The van der Waals surface area contributed by atoms with Crippen LogP contribution in [0.4, 0.5) is 5.69 Å². The summed E-state index contributed by atoms with van der Waals surface area (Å²) in [5.41, 5.74) is 3.50. The van der Waals surface area contributed by atoms with Gasteiger partial charge < -0.3 is 10.1 Å². The fraction of sp³-hybridized carbons (Fsp3) is 0.200. The first-order valence-corrected chi connectivity index (χ1v) is 5.84. The molecule has 2 aromatic carbocycles. The van der Waals surface area contributed by atoms with Gasteiger partial charge in [0.05, 0.1) is 6.61 Å². The van der Waals surface area contributed by atoms with E-state index in [0.717, 1.165) is 11.4 Å². The summed E-state index contributed by atoms with van der Waals surface area (Å²) < 4.78 is 5.50. The Labute approximate surface area is 102 Å². The molecule has 0 fully saturated rings. The molecule has 0 heterocycles. The number of nitrogens with one attached hydrogen (secondary N) is 1. The third kappa shape index (κ3) is 2.78. The van der Waals surface area contributed by atoms with Crippen molar-refractivity contribution in [3.8, 4) is 16.9 Å². The van der Waals surface area contributed by atoms with Crippen LogP contribution in [0.5, 0.6) is 5.75 Å². The van der Waals surface area contributed by atoms with Crippen molar-refractivity contribution < 1.29 is 4.74 Å². The maximum atomic E-state index is 5.50. The van der Waals surface area contributed by atoms with E-state index >= 15 is 0 Å². The van der Waals surface area contributed by atoms with E-state index in [0.29, 0.717) is 6.61 Å². The van der Waals surface area contributed by atoms with Gasteiger partial charge in [0, 0.05) is 12.7 Å². The standard InChI is InChI=1S/C15H17NO/c1-3-17-15-6-4-5-13(11-15)12-7-9-14(16-2)10-8-12/h4-11,16H,3H2,1-2H3. The predicted octanol–water partition coefficient (Wildman–Crippen LogP) is 3.79. The summed E-state index contributed by atoms with van der Waals surface area (Å²) in [7, 11) is 1.92. The van der Waals surface area contributed by atoms with Crippen molar-refractivity contribution in [2.24, 2.45) is 0 Å². The molecule has 0 spiro atoms. The van der Waals surface area contributed by atoms with Crippen molar-refractivity contribution in [3.05, 3.63) is 48.5 Å². The molecule has 0 aliphatic rings. The predicted molar refractivity (Wildman–Crippen MR) is 72.6 cm³/mol. The molecule has 0 radical (unpaired) electrons. The average molecular weight is 227 g/mol. The Kier molecular flexibility index (Phi) is 3.66. The zero-order valence-electron chi connectivity index (χ0n) is 10.2. The lowest BCUT2D eigenvalue weighted by molar-refractivity contribution is 0.340. The molecule has 0 aliphatic heterocycles. The number of ether oxygens (including phenoxy) is 1. The van der Waals surface area contributed by atoms with Crippen molar-refractivity contribution >= 4 is 5.69 Å². The van der Waals surface area contributed by atoms with E-state index in [1.165, 1.54) is 11.1 Å². The molecule has 0 aliphatic carbocycles. The van der Waals surface area contributed by atoms with E-state index in [1.807, 2.05) is 26.1 Å². The minimum atomic E-state index is 0.697. The van der Waals surface area contributed by atoms with Crippen molar-refractivity contribution in [2.45, 2.75) is 6.92 Å². The van der Waals surface area contributed by atoms with Crippen LogP contribution in [0, 0.1) is 0 Å². The highest BCUT2D eigenvalue weighted by molar-refractivity contribution is 5.67. The van der Waals surface area contributed by atoms with Gasteiger partial charge >= 0.3 is 0 Å². The zero-order valence-corrected chi connectivity index (χ0v) is 10.2. The molecular weight excluding hydrogens is 210 g/mol. The van der Waals surface area contributed by atoms with E-state index in [1.54, 1.807) is 0 Å². The highest BCUT2D eigenvalue weighted by Crippen LogP contribution is 2.25. The van der Waals surface area contributed by atoms with E-state index in [9.17, 15) is 0 Å². The Morgan fingerprint density at radius 3 is 2.41 bits per heavy atom. The van der Waals surface area contributed by atoms with Gasteiger partial charge in [-0.05, 0) is 42.3 Å². The maximum absolute atomic E-state index is 5.50. The highest BCUT2D eigenvalue weighted by Gasteiger charge is 1.99. The number of anilines is 1. The van der Waals surface area contributed by atoms with Crippen molar-refractivity contribution in [1.29, 1.82) is 0 Å².